The van der Waals surface area contributed by atoms with Gasteiger partial charge in [0.25, 0.3) is 0 Å². The molecule has 2 nitrogen and oxygen atoms in total. The fraction of sp³-hybridized carbons (Fsp3) is 0.500. The first-order chi connectivity index (χ1) is 6.68. The van der Waals surface area contributed by atoms with Gasteiger partial charge in [-0.05, 0) is 32.9 Å². The lowest BCUT2D eigenvalue weighted by atomic mass is 10.2. The third kappa shape index (κ3) is 2.95. The number of halogens is 1. The van der Waals surface area contributed by atoms with Crippen molar-refractivity contribution >= 4 is 5.69 Å². The first-order valence-corrected chi connectivity index (χ1v) is 5.34. The van der Waals surface area contributed by atoms with E-state index < -0.39 is 0 Å². The van der Waals surface area contributed by atoms with Crippen LogP contribution < -0.4 is 21.5 Å². The minimum absolute atomic E-state index is 0. The van der Waals surface area contributed by atoms with Gasteiger partial charge in [-0.2, -0.15) is 0 Å². The third-order valence-electron chi connectivity index (χ3n) is 3.19. The quantitative estimate of drug-likeness (QED) is 0.752. The summed E-state index contributed by atoms with van der Waals surface area (Å²) in [5, 5.41) is 9.45. The first-order valence-electron chi connectivity index (χ1n) is 5.34. The molecule has 0 unspecified atom stereocenters. The molecule has 3 heteroatoms. The number of nitrogens with zero attached hydrogens (tertiary/aromatic N) is 1. The summed E-state index contributed by atoms with van der Waals surface area (Å²) >= 11 is 0. The van der Waals surface area contributed by atoms with Gasteiger partial charge in [0.1, 0.15) is 11.4 Å². The Hall–Kier alpha value is -0.540. The number of benzene rings is 1. The van der Waals surface area contributed by atoms with E-state index in [1.165, 1.54) is 5.69 Å². The Morgan fingerprint density at radius 2 is 1.60 bits per heavy atom. The lowest BCUT2D eigenvalue weighted by molar-refractivity contribution is -0.00000412. The smallest absolute Gasteiger partial charge is 0.136 e. The zero-order chi connectivity index (χ0) is 10.6. The van der Waals surface area contributed by atoms with Gasteiger partial charge in [-0.1, -0.05) is 6.07 Å². The molecular weight excluding hydrogens is 254 g/mol. The number of hydrogen-bond acceptors (Lipinski definition) is 1. The van der Waals surface area contributed by atoms with E-state index in [9.17, 15) is 5.11 Å². The van der Waals surface area contributed by atoms with Gasteiger partial charge in [0.2, 0.25) is 0 Å². The van der Waals surface area contributed by atoms with Crippen LogP contribution in [-0.2, 0) is 0 Å². The van der Waals surface area contributed by atoms with E-state index in [-0.39, 0.29) is 17.0 Å². The predicted octanol–water partition coefficient (Wildman–Crippen LogP) is -0.237. The average Bonchev–Trinajstić information content (AvgIpc) is 2.22. The highest BCUT2D eigenvalue weighted by molar-refractivity contribution is 5.47. The molecule has 15 heavy (non-hydrogen) atoms. The molecule has 1 aromatic rings. The topological polar surface area (TPSA) is 20.2 Å². The van der Waals surface area contributed by atoms with Crippen LogP contribution in [-0.4, -0.2) is 24.7 Å². The van der Waals surface area contributed by atoms with Gasteiger partial charge < -0.3 is 22.1 Å². The maximum absolute atomic E-state index is 9.45. The van der Waals surface area contributed by atoms with E-state index in [4.69, 9.17) is 0 Å². The summed E-state index contributed by atoms with van der Waals surface area (Å²) in [5.41, 5.74) is 1.21. The van der Waals surface area contributed by atoms with Crippen LogP contribution in [0.15, 0.2) is 24.3 Å². The molecule has 0 saturated carbocycles. The molecule has 0 heterocycles. The van der Waals surface area contributed by atoms with Crippen LogP contribution in [0.25, 0.3) is 0 Å². The Morgan fingerprint density at radius 1 is 1.07 bits per heavy atom. The van der Waals surface area contributed by atoms with Crippen LogP contribution >= 0.6 is 0 Å². The lowest BCUT2D eigenvalue weighted by Gasteiger charge is -2.35. The Bertz CT molecular complexity index is 289. The van der Waals surface area contributed by atoms with Gasteiger partial charge in [0, 0.05) is 6.07 Å². The van der Waals surface area contributed by atoms with Gasteiger partial charge >= 0.3 is 0 Å². The first kappa shape index (κ1) is 14.5. The second kappa shape index (κ2) is 6.13. The molecule has 0 amide bonds. The van der Waals surface area contributed by atoms with Gasteiger partial charge in [-0.3, -0.25) is 4.48 Å². The van der Waals surface area contributed by atoms with Crippen LogP contribution in [0.1, 0.15) is 20.8 Å². The van der Waals surface area contributed by atoms with Crippen molar-refractivity contribution < 1.29 is 22.1 Å². The van der Waals surface area contributed by atoms with Crippen molar-refractivity contribution in [3.05, 3.63) is 24.3 Å². The standard InChI is InChI=1S/C12H19NO.BrH/c1-4-13(5-2,6-3)11-8-7-9-12(14)10-11;/h7-10H,4-6H2,1-3H3;1H. The average molecular weight is 274 g/mol. The molecule has 86 valence electrons. The molecule has 1 N–H and O–H groups in total. The van der Waals surface area contributed by atoms with E-state index in [2.05, 4.69) is 26.8 Å². The van der Waals surface area contributed by atoms with Crippen LogP contribution in [0.5, 0.6) is 5.75 Å². The molecule has 0 bridgehead atoms. The summed E-state index contributed by atoms with van der Waals surface area (Å²) in [6, 6.07) is 7.60. The highest BCUT2D eigenvalue weighted by Gasteiger charge is 2.24. The van der Waals surface area contributed by atoms with Crippen molar-refractivity contribution in [1.82, 2.24) is 4.48 Å². The summed E-state index contributed by atoms with van der Waals surface area (Å²) in [6.07, 6.45) is 0. The highest BCUT2D eigenvalue weighted by Crippen LogP contribution is 2.26. The normalized spacial score (nSPS) is 10.9. The molecule has 0 aromatic heterocycles. The molecule has 0 fully saturated rings. The van der Waals surface area contributed by atoms with E-state index >= 15 is 0 Å². The van der Waals surface area contributed by atoms with Gasteiger partial charge in [-0.25, -0.2) is 0 Å². The summed E-state index contributed by atoms with van der Waals surface area (Å²) < 4.78 is 0.939. The molecule has 0 aliphatic rings. The molecule has 0 aliphatic heterocycles. The molecule has 0 atom stereocenters. The zero-order valence-corrected chi connectivity index (χ0v) is 11.3. The number of hydrogen-bond donors (Lipinski definition) is 1. The van der Waals surface area contributed by atoms with Gasteiger partial charge in [0.05, 0.1) is 19.6 Å². The van der Waals surface area contributed by atoms with Crippen LogP contribution in [0, 0.1) is 0 Å². The van der Waals surface area contributed by atoms with Crippen molar-refractivity contribution in [2.45, 2.75) is 20.8 Å². The fourth-order valence-electron chi connectivity index (χ4n) is 2.01. The van der Waals surface area contributed by atoms with E-state index in [1.54, 1.807) is 6.07 Å². The Morgan fingerprint density at radius 3 is 2.00 bits per heavy atom. The molecule has 1 aromatic carbocycles. The number of rotatable bonds is 4. The largest absolute Gasteiger partial charge is 1.00 e. The molecule has 0 spiro atoms. The fourth-order valence-corrected chi connectivity index (χ4v) is 2.01. The van der Waals surface area contributed by atoms with Crippen LogP contribution in [0.4, 0.5) is 5.69 Å². The molecule has 0 aliphatic carbocycles. The minimum atomic E-state index is 0. The van der Waals surface area contributed by atoms with E-state index in [0.29, 0.717) is 5.75 Å². The molecular formula is C12H20BrNO. The van der Waals surface area contributed by atoms with Crippen molar-refractivity contribution in [1.29, 1.82) is 0 Å². The minimum Gasteiger partial charge on any atom is -1.00 e. The predicted molar refractivity (Wildman–Crippen MR) is 61.5 cm³/mol. The summed E-state index contributed by atoms with van der Waals surface area (Å²) in [5.74, 6) is 0.361. The van der Waals surface area contributed by atoms with Crippen molar-refractivity contribution in [3.63, 3.8) is 0 Å². The SMILES string of the molecule is CC[N+](CC)(CC)c1cccc(O)c1.[Br-]. The van der Waals surface area contributed by atoms with Gasteiger partial charge in [0.15, 0.2) is 0 Å². The highest BCUT2D eigenvalue weighted by atomic mass is 79.9. The van der Waals surface area contributed by atoms with E-state index in [0.717, 1.165) is 24.1 Å². The zero-order valence-electron chi connectivity index (χ0n) is 9.70. The maximum Gasteiger partial charge on any atom is 0.136 e. The summed E-state index contributed by atoms with van der Waals surface area (Å²) in [4.78, 5) is 0. The number of phenols is 1. The third-order valence-corrected chi connectivity index (χ3v) is 3.19. The molecule has 0 saturated heterocycles. The van der Waals surface area contributed by atoms with Crippen LogP contribution in [0.2, 0.25) is 0 Å². The lowest BCUT2D eigenvalue weighted by Crippen LogP contribution is -3.00. The Balaban J connectivity index is 0.00000196. The second-order valence-corrected chi connectivity index (χ2v) is 3.61. The van der Waals surface area contributed by atoms with E-state index in [1.807, 2.05) is 12.1 Å². The monoisotopic (exact) mass is 273 g/mol. The molecule has 0 radical (unpaired) electrons. The Labute approximate surface area is 103 Å². The number of quaternary nitrogens is 1. The number of aromatic hydroxyl groups is 1. The van der Waals surface area contributed by atoms with Crippen molar-refractivity contribution in [2.75, 3.05) is 19.6 Å². The summed E-state index contributed by atoms with van der Waals surface area (Å²) in [7, 11) is 0. The van der Waals surface area contributed by atoms with Crippen molar-refractivity contribution in [2.24, 2.45) is 0 Å². The van der Waals surface area contributed by atoms with Crippen LogP contribution in [0.3, 0.4) is 0 Å². The number of phenolic OH excluding ortho intramolecular Hbond substituents is 1. The van der Waals surface area contributed by atoms with Crippen molar-refractivity contribution in [3.8, 4) is 5.75 Å². The molecule has 1 rings (SSSR count). The Kier molecular flexibility index (Phi) is 5.91. The summed E-state index contributed by atoms with van der Waals surface area (Å²) in [6.45, 7) is 9.77. The van der Waals surface area contributed by atoms with Gasteiger partial charge in [-0.15, -0.1) is 0 Å². The maximum atomic E-state index is 9.45. The second-order valence-electron chi connectivity index (χ2n) is 3.61.